The Morgan fingerprint density at radius 1 is 1.28 bits per heavy atom. The zero-order valence-electron chi connectivity index (χ0n) is 15.5. The molecule has 1 aliphatic rings. The molecule has 1 aliphatic heterocycles. The van der Waals surface area contributed by atoms with Crippen LogP contribution in [0.3, 0.4) is 0 Å². The van der Waals surface area contributed by atoms with Crippen LogP contribution in [0.4, 0.5) is 0 Å². The highest BCUT2D eigenvalue weighted by Gasteiger charge is 2.26. The van der Waals surface area contributed by atoms with E-state index >= 15 is 0 Å². The number of carbonyl (C=O) groups excluding carboxylic acids is 2. The van der Waals surface area contributed by atoms with Crippen LogP contribution in [0.1, 0.15) is 30.1 Å². The third-order valence-corrected chi connectivity index (χ3v) is 4.50. The van der Waals surface area contributed by atoms with Crippen LogP contribution in [0.25, 0.3) is 22.6 Å². The van der Waals surface area contributed by atoms with E-state index in [0.29, 0.717) is 24.3 Å². The average molecular weight is 398 g/mol. The van der Waals surface area contributed by atoms with Crippen LogP contribution in [0.15, 0.2) is 23.0 Å². The summed E-state index contributed by atoms with van der Waals surface area (Å²) in [4.78, 5) is 43.5. The van der Waals surface area contributed by atoms with Gasteiger partial charge in [0.15, 0.2) is 5.52 Å². The molecule has 3 N–H and O–H groups in total. The van der Waals surface area contributed by atoms with Crippen LogP contribution in [-0.2, 0) is 9.53 Å². The van der Waals surface area contributed by atoms with Crippen molar-refractivity contribution >= 4 is 23.1 Å². The number of carbonyl (C=O) groups is 2. The van der Waals surface area contributed by atoms with E-state index in [1.165, 1.54) is 12.1 Å². The minimum Gasteiger partial charge on any atom is -0.493 e. The van der Waals surface area contributed by atoms with Crippen molar-refractivity contribution in [2.24, 2.45) is 0 Å². The first kappa shape index (κ1) is 18.7. The molecule has 1 saturated heterocycles. The van der Waals surface area contributed by atoms with Crippen LogP contribution in [0.5, 0.6) is 5.75 Å². The number of fused-ring (bicyclic) bond motifs is 1. The lowest BCUT2D eigenvalue weighted by Crippen LogP contribution is -2.33. The number of aromatic nitrogens is 5. The number of nitrogens with zero attached hydrogens (tertiary/aromatic N) is 3. The predicted molar refractivity (Wildman–Crippen MR) is 100 cm³/mol. The summed E-state index contributed by atoms with van der Waals surface area (Å²) in [5, 5.41) is 12.9. The van der Waals surface area contributed by atoms with Crippen molar-refractivity contribution in [1.82, 2.24) is 30.7 Å². The smallest absolute Gasteiger partial charge is 0.345 e. The zero-order valence-corrected chi connectivity index (χ0v) is 15.5. The highest BCUT2D eigenvalue weighted by atomic mass is 16.6. The summed E-state index contributed by atoms with van der Waals surface area (Å²) in [5.41, 5.74) is 0.386. The number of hydrogen-bond acceptors (Lipinski definition) is 9. The Kier molecular flexibility index (Phi) is 5.04. The van der Waals surface area contributed by atoms with Crippen molar-refractivity contribution < 1.29 is 19.1 Å². The van der Waals surface area contributed by atoms with Crippen LogP contribution < -0.4 is 15.6 Å². The van der Waals surface area contributed by atoms with Crippen LogP contribution in [0.2, 0.25) is 0 Å². The number of aromatic amines is 2. The molecule has 0 unspecified atom stereocenters. The summed E-state index contributed by atoms with van der Waals surface area (Å²) in [6, 6.07) is 4.02. The van der Waals surface area contributed by atoms with E-state index in [9.17, 15) is 14.4 Å². The number of esters is 2. The van der Waals surface area contributed by atoms with Gasteiger partial charge < -0.3 is 19.8 Å². The molecule has 0 spiro atoms. The lowest BCUT2D eigenvalue weighted by Gasteiger charge is -2.12. The molecule has 0 bridgehead atoms. The van der Waals surface area contributed by atoms with Gasteiger partial charge >= 0.3 is 11.9 Å². The van der Waals surface area contributed by atoms with Crippen molar-refractivity contribution in [3.8, 4) is 17.1 Å². The topological polar surface area (TPSA) is 152 Å². The zero-order chi connectivity index (χ0) is 20.4. The van der Waals surface area contributed by atoms with Gasteiger partial charge in [-0.1, -0.05) is 0 Å². The van der Waals surface area contributed by atoms with Gasteiger partial charge in [-0.2, -0.15) is 5.21 Å². The Morgan fingerprint density at radius 3 is 2.90 bits per heavy atom. The quantitative estimate of drug-likeness (QED) is 0.413. The maximum Gasteiger partial charge on any atom is 0.345 e. The summed E-state index contributed by atoms with van der Waals surface area (Å²) < 4.78 is 10.6. The number of rotatable bonds is 5. The van der Waals surface area contributed by atoms with Crippen molar-refractivity contribution in [2.75, 3.05) is 13.2 Å². The number of ether oxygens (including phenoxy) is 2. The summed E-state index contributed by atoms with van der Waals surface area (Å²) in [6.07, 6.45) is 1.50. The molecule has 4 rings (SSSR count). The second-order valence-corrected chi connectivity index (χ2v) is 6.41. The van der Waals surface area contributed by atoms with Gasteiger partial charge in [0.05, 0.1) is 17.7 Å². The van der Waals surface area contributed by atoms with Crippen LogP contribution >= 0.6 is 0 Å². The summed E-state index contributed by atoms with van der Waals surface area (Å²) in [7, 11) is 0. The van der Waals surface area contributed by atoms with Crippen LogP contribution in [-0.4, -0.2) is 56.5 Å². The molecule has 1 fully saturated rings. The van der Waals surface area contributed by atoms with Crippen molar-refractivity contribution in [2.45, 2.75) is 25.8 Å². The molecule has 2 aromatic heterocycles. The number of nitrogens with one attached hydrogen (secondary N) is 3. The second kappa shape index (κ2) is 7.80. The molecule has 1 atom stereocenters. The minimum absolute atomic E-state index is 0.0888. The molecule has 0 radical (unpaired) electrons. The molecule has 0 saturated carbocycles. The fourth-order valence-corrected chi connectivity index (χ4v) is 3.11. The largest absolute Gasteiger partial charge is 0.493 e. The van der Waals surface area contributed by atoms with Crippen molar-refractivity contribution in [3.05, 3.63) is 34.1 Å². The van der Waals surface area contributed by atoms with Gasteiger partial charge in [-0.3, -0.25) is 4.79 Å². The third-order valence-electron chi connectivity index (χ3n) is 4.50. The maximum absolute atomic E-state index is 12.4. The molecule has 150 valence electrons. The van der Waals surface area contributed by atoms with E-state index < -0.39 is 23.5 Å². The Bertz CT molecular complexity index is 1130. The molecule has 29 heavy (non-hydrogen) atoms. The molecule has 0 aliphatic carbocycles. The maximum atomic E-state index is 12.4. The molecule has 1 aromatic carbocycles. The second-order valence-electron chi connectivity index (χ2n) is 6.41. The first-order chi connectivity index (χ1) is 14.1. The summed E-state index contributed by atoms with van der Waals surface area (Å²) in [6.45, 7) is 2.81. The van der Waals surface area contributed by atoms with E-state index in [1.54, 1.807) is 13.0 Å². The molecular formula is C18H18N6O5. The van der Waals surface area contributed by atoms with Gasteiger partial charge in [-0.15, -0.1) is 10.2 Å². The molecule has 11 heteroatoms. The van der Waals surface area contributed by atoms with Gasteiger partial charge in [-0.05, 0) is 44.5 Å². The number of H-pyrrole nitrogens is 2. The highest BCUT2D eigenvalue weighted by Crippen LogP contribution is 2.29. The predicted octanol–water partition coefficient (Wildman–Crippen LogP) is 0.542. The van der Waals surface area contributed by atoms with Gasteiger partial charge in [0.1, 0.15) is 17.6 Å². The summed E-state index contributed by atoms with van der Waals surface area (Å²) in [5.74, 6) is -0.855. The lowest BCUT2D eigenvalue weighted by atomic mass is 10.1. The van der Waals surface area contributed by atoms with E-state index in [0.717, 1.165) is 13.0 Å². The van der Waals surface area contributed by atoms with Crippen molar-refractivity contribution in [1.29, 1.82) is 0 Å². The normalized spacial score (nSPS) is 16.1. The Labute approximate surface area is 163 Å². The Balaban J connectivity index is 1.64. The first-order valence-electron chi connectivity index (χ1n) is 9.14. The van der Waals surface area contributed by atoms with Gasteiger partial charge in [0, 0.05) is 0 Å². The molecular weight excluding hydrogens is 380 g/mol. The minimum atomic E-state index is -0.774. The van der Waals surface area contributed by atoms with E-state index in [4.69, 9.17) is 9.47 Å². The molecule has 0 amide bonds. The average Bonchev–Trinajstić information content (AvgIpc) is 3.40. The molecule has 3 aromatic rings. The van der Waals surface area contributed by atoms with E-state index in [1.807, 2.05) is 0 Å². The first-order valence-corrected chi connectivity index (χ1v) is 9.14. The summed E-state index contributed by atoms with van der Waals surface area (Å²) >= 11 is 0. The molecule has 3 heterocycles. The third kappa shape index (κ3) is 3.72. The Hall–Kier alpha value is -3.60. The number of benzene rings is 1. The van der Waals surface area contributed by atoms with Crippen molar-refractivity contribution in [3.63, 3.8) is 0 Å². The van der Waals surface area contributed by atoms with Gasteiger partial charge in [0.2, 0.25) is 5.65 Å². The molecule has 11 nitrogen and oxygen atoms in total. The van der Waals surface area contributed by atoms with E-state index in [2.05, 4.69) is 30.7 Å². The van der Waals surface area contributed by atoms with E-state index in [-0.39, 0.29) is 22.6 Å². The fourth-order valence-electron chi connectivity index (χ4n) is 3.11. The Morgan fingerprint density at radius 2 is 2.14 bits per heavy atom. The monoisotopic (exact) mass is 398 g/mol. The fraction of sp³-hybridized carbons (Fsp3) is 0.333. The SMILES string of the molecule is CCOc1cc(C(=O)OC(=O)[C@H]2CCCN2)ccc1-c1nc2n[nH]nc2c(=O)[nH]1. The van der Waals surface area contributed by atoms with Gasteiger partial charge in [0.25, 0.3) is 5.56 Å². The highest BCUT2D eigenvalue weighted by molar-refractivity contribution is 5.99. The standard InChI is InChI=1S/C18H18N6O5/c1-2-28-12-8-9(17(26)29-18(27)11-4-3-7-19-11)5-6-10(12)14-20-15-13(16(25)21-14)22-24-23-15/h5-6,8,11,19H,2-4,7H2,1H3,(H2,20,21,22,23,24,25)/t11-/m1/s1. The van der Waals surface area contributed by atoms with Crippen LogP contribution in [0, 0.1) is 0 Å². The van der Waals surface area contributed by atoms with Gasteiger partial charge in [-0.25, -0.2) is 14.6 Å². The lowest BCUT2D eigenvalue weighted by molar-refractivity contribution is -0.139. The number of hydrogen-bond donors (Lipinski definition) is 3.